The Morgan fingerprint density at radius 1 is 1.09 bits per heavy atom. The minimum Gasteiger partial charge on any atom is -0.310 e. The Morgan fingerprint density at radius 3 is 1.82 bits per heavy atom. The first-order valence-electron chi connectivity index (χ1n) is 4.54. The van der Waals surface area contributed by atoms with Crippen LogP contribution in [0, 0.1) is 0 Å². The average molecular weight is 177 g/mol. The van der Waals surface area contributed by atoms with Crippen LogP contribution in [0.4, 0.5) is 0 Å². The molecule has 0 saturated carbocycles. The molecule has 0 bridgehead atoms. The maximum atomic E-state index is 11.4. The van der Waals surface area contributed by atoms with Crippen molar-refractivity contribution in [1.29, 1.82) is 0 Å². The monoisotopic (exact) mass is 177 g/mol. The Labute approximate surface area is 70.8 Å². The van der Waals surface area contributed by atoms with Crippen LogP contribution in [0.25, 0.3) is 0 Å². The van der Waals surface area contributed by atoms with Gasteiger partial charge in [0, 0.05) is 19.3 Å². The van der Waals surface area contributed by atoms with Crippen molar-refractivity contribution in [2.45, 2.75) is 33.6 Å². The fourth-order valence-electron chi connectivity index (χ4n) is 1.12. The first kappa shape index (κ1) is 11.2. The van der Waals surface area contributed by atoms with Gasteiger partial charge in [0.25, 0.3) is 0 Å². The molecule has 0 N–H and O–H groups in total. The van der Waals surface area contributed by atoms with Crippen LogP contribution in [0.5, 0.6) is 0 Å². The van der Waals surface area contributed by atoms with Gasteiger partial charge in [-0.15, -0.1) is 0 Å². The number of rotatable bonds is 6. The first-order valence-corrected chi connectivity index (χ1v) is 6.10. The molecule has 0 aliphatic heterocycles. The van der Waals surface area contributed by atoms with Gasteiger partial charge in [0.15, 0.2) is 0 Å². The van der Waals surface area contributed by atoms with E-state index in [1.54, 1.807) is 0 Å². The van der Waals surface area contributed by atoms with Crippen molar-refractivity contribution >= 4 is 7.95 Å². The summed E-state index contributed by atoms with van der Waals surface area (Å²) in [6, 6.07) is 0. The van der Waals surface area contributed by atoms with Gasteiger partial charge in [0.1, 0.15) is 7.95 Å². The van der Waals surface area contributed by atoms with E-state index < -0.39 is 7.95 Å². The highest BCUT2D eigenvalue weighted by Crippen LogP contribution is 2.26. The minimum absolute atomic E-state index is 0.824. The van der Waals surface area contributed by atoms with Gasteiger partial charge in [-0.3, -0.25) is 4.67 Å². The molecule has 0 saturated heterocycles. The van der Waals surface area contributed by atoms with E-state index in [1.807, 2.05) is 6.92 Å². The van der Waals surface area contributed by atoms with Crippen molar-refractivity contribution in [3.05, 3.63) is 0 Å². The molecule has 0 radical (unpaired) electrons. The zero-order chi connectivity index (χ0) is 8.69. The van der Waals surface area contributed by atoms with E-state index in [9.17, 15) is 4.57 Å². The normalized spacial score (nSPS) is 13.8. The predicted octanol–water partition coefficient (Wildman–Crippen LogP) is 2.60. The molecule has 0 spiro atoms. The SMILES string of the molecule is CCCN(CCC)[PH](=O)CC. The largest absolute Gasteiger partial charge is 0.310 e. The summed E-state index contributed by atoms with van der Waals surface area (Å²) >= 11 is 0. The van der Waals surface area contributed by atoms with Gasteiger partial charge in [-0.1, -0.05) is 20.8 Å². The summed E-state index contributed by atoms with van der Waals surface area (Å²) in [7, 11) is -1.41. The molecule has 0 heterocycles. The van der Waals surface area contributed by atoms with Gasteiger partial charge < -0.3 is 4.57 Å². The van der Waals surface area contributed by atoms with Crippen LogP contribution in [-0.2, 0) is 4.57 Å². The quantitative estimate of drug-likeness (QED) is 0.581. The molecule has 0 aromatic heterocycles. The van der Waals surface area contributed by atoms with Gasteiger partial charge in [-0.25, -0.2) is 0 Å². The smallest absolute Gasteiger partial charge is 0.138 e. The highest BCUT2D eigenvalue weighted by molar-refractivity contribution is 7.41. The third kappa shape index (κ3) is 4.60. The molecule has 0 fully saturated rings. The van der Waals surface area contributed by atoms with E-state index in [-0.39, 0.29) is 0 Å². The highest BCUT2D eigenvalue weighted by Gasteiger charge is 2.07. The minimum atomic E-state index is -1.41. The molecule has 0 aromatic carbocycles. The first-order chi connectivity index (χ1) is 5.26. The molecule has 11 heavy (non-hydrogen) atoms. The molecule has 3 heteroatoms. The third-order valence-electron chi connectivity index (χ3n) is 1.64. The topological polar surface area (TPSA) is 20.3 Å². The van der Waals surface area contributed by atoms with Crippen LogP contribution in [0.3, 0.4) is 0 Å². The second-order valence-corrected chi connectivity index (χ2v) is 4.86. The van der Waals surface area contributed by atoms with Gasteiger partial charge >= 0.3 is 0 Å². The van der Waals surface area contributed by atoms with Crippen LogP contribution >= 0.6 is 7.95 Å². The lowest BCUT2D eigenvalue weighted by atomic mass is 10.4. The maximum Gasteiger partial charge on any atom is 0.138 e. The Hall–Kier alpha value is 0.190. The van der Waals surface area contributed by atoms with E-state index in [4.69, 9.17) is 0 Å². The van der Waals surface area contributed by atoms with E-state index in [1.165, 1.54) is 0 Å². The Balaban J connectivity index is 3.76. The lowest BCUT2D eigenvalue weighted by Crippen LogP contribution is -2.17. The van der Waals surface area contributed by atoms with Crippen molar-refractivity contribution in [2.75, 3.05) is 19.3 Å². The molecule has 68 valence electrons. The van der Waals surface area contributed by atoms with Gasteiger partial charge in [0.05, 0.1) is 0 Å². The molecule has 0 amide bonds. The summed E-state index contributed by atoms with van der Waals surface area (Å²) < 4.78 is 13.5. The molecule has 2 nitrogen and oxygen atoms in total. The fraction of sp³-hybridized carbons (Fsp3) is 1.00. The van der Waals surface area contributed by atoms with Crippen LogP contribution in [0.1, 0.15) is 33.6 Å². The van der Waals surface area contributed by atoms with E-state index in [2.05, 4.69) is 18.5 Å². The van der Waals surface area contributed by atoms with E-state index in [0.717, 1.165) is 32.1 Å². The highest BCUT2D eigenvalue weighted by atomic mass is 31.1. The van der Waals surface area contributed by atoms with Crippen molar-refractivity contribution in [2.24, 2.45) is 0 Å². The lowest BCUT2D eigenvalue weighted by Gasteiger charge is -2.19. The lowest BCUT2D eigenvalue weighted by molar-refractivity contribution is 0.422. The second kappa shape index (κ2) is 6.87. The van der Waals surface area contributed by atoms with E-state index in [0.29, 0.717) is 0 Å². The van der Waals surface area contributed by atoms with Gasteiger partial charge in [0.2, 0.25) is 0 Å². The van der Waals surface area contributed by atoms with Gasteiger partial charge in [-0.05, 0) is 12.8 Å². The zero-order valence-electron chi connectivity index (χ0n) is 7.89. The maximum absolute atomic E-state index is 11.4. The molecular formula is C8H20NOP. The predicted molar refractivity (Wildman–Crippen MR) is 51.7 cm³/mol. The van der Waals surface area contributed by atoms with Crippen LogP contribution in [-0.4, -0.2) is 23.9 Å². The van der Waals surface area contributed by atoms with Crippen LogP contribution < -0.4 is 0 Å². The molecular weight excluding hydrogens is 157 g/mol. The summed E-state index contributed by atoms with van der Waals surface area (Å²) in [5, 5.41) is 0. The van der Waals surface area contributed by atoms with Crippen LogP contribution in [0.15, 0.2) is 0 Å². The fourth-order valence-corrected chi connectivity index (χ4v) is 2.52. The number of hydrogen-bond donors (Lipinski definition) is 0. The summed E-state index contributed by atoms with van der Waals surface area (Å²) in [6.45, 7) is 8.26. The molecule has 1 unspecified atom stereocenters. The van der Waals surface area contributed by atoms with Gasteiger partial charge in [-0.2, -0.15) is 0 Å². The Bertz CT molecular complexity index is 111. The number of hydrogen-bond acceptors (Lipinski definition) is 1. The Kier molecular flexibility index (Phi) is 6.99. The molecule has 0 rings (SSSR count). The summed E-state index contributed by atoms with van der Waals surface area (Å²) in [4.78, 5) is 0. The Morgan fingerprint density at radius 2 is 1.55 bits per heavy atom. The summed E-state index contributed by atoms with van der Waals surface area (Å²) in [6.07, 6.45) is 3.04. The molecule has 0 aliphatic carbocycles. The van der Waals surface area contributed by atoms with Crippen molar-refractivity contribution in [3.8, 4) is 0 Å². The third-order valence-corrected chi connectivity index (χ3v) is 3.40. The summed E-state index contributed by atoms with van der Waals surface area (Å²) in [5.74, 6) is 0. The standard InChI is InChI=1S/C8H20NOP/c1-4-7-9(8-5-2)11(10)6-3/h11H,4-8H2,1-3H3. The second-order valence-electron chi connectivity index (χ2n) is 2.73. The number of nitrogens with zero attached hydrogens (tertiary/aromatic N) is 1. The van der Waals surface area contributed by atoms with Crippen molar-refractivity contribution < 1.29 is 4.57 Å². The van der Waals surface area contributed by atoms with E-state index >= 15 is 0 Å². The molecule has 0 aromatic rings. The average Bonchev–Trinajstić information content (AvgIpc) is 2.03. The molecule has 1 atom stereocenters. The zero-order valence-corrected chi connectivity index (χ0v) is 8.89. The van der Waals surface area contributed by atoms with Crippen molar-refractivity contribution in [1.82, 2.24) is 4.67 Å². The van der Waals surface area contributed by atoms with Crippen LogP contribution in [0.2, 0.25) is 0 Å². The summed E-state index contributed by atoms with van der Waals surface area (Å²) in [5.41, 5.74) is 0. The van der Waals surface area contributed by atoms with Crippen molar-refractivity contribution in [3.63, 3.8) is 0 Å². The molecule has 0 aliphatic rings.